The van der Waals surface area contributed by atoms with Crippen molar-refractivity contribution in [2.24, 2.45) is 0 Å². The summed E-state index contributed by atoms with van der Waals surface area (Å²) in [5.74, 6) is 2.72. The van der Waals surface area contributed by atoms with Crippen molar-refractivity contribution in [3.8, 4) is 0 Å². The van der Waals surface area contributed by atoms with Crippen LogP contribution in [0, 0.1) is 0 Å². The van der Waals surface area contributed by atoms with E-state index in [4.69, 9.17) is 0 Å². The van der Waals surface area contributed by atoms with Crippen molar-refractivity contribution in [1.82, 2.24) is 10.2 Å². The molecule has 0 saturated carbocycles. The summed E-state index contributed by atoms with van der Waals surface area (Å²) in [5.41, 5.74) is 0. The van der Waals surface area contributed by atoms with Gasteiger partial charge in [0.15, 0.2) is 0 Å². The molecule has 0 unspecified atom stereocenters. The molecule has 0 aliphatic carbocycles. The lowest BCUT2D eigenvalue weighted by molar-refractivity contribution is 0.224. The van der Waals surface area contributed by atoms with Crippen molar-refractivity contribution >= 4 is 11.8 Å². The van der Waals surface area contributed by atoms with E-state index in [1.807, 2.05) is 0 Å². The Bertz CT molecular complexity index is 161. The zero-order valence-corrected chi connectivity index (χ0v) is 9.98. The fourth-order valence-electron chi connectivity index (χ4n) is 2.38. The zero-order valence-electron chi connectivity index (χ0n) is 9.17. The Morgan fingerprint density at radius 3 is 2.57 bits per heavy atom. The second-order valence-corrected chi connectivity index (χ2v) is 5.81. The molecule has 0 radical (unpaired) electrons. The molecule has 0 bridgehead atoms. The molecule has 0 spiro atoms. The smallest absolute Gasteiger partial charge is 0.0161 e. The molecule has 2 aliphatic rings. The summed E-state index contributed by atoms with van der Waals surface area (Å²) in [7, 11) is 2.23. The SMILES string of the molecule is CN1CCC(N[C@H]2CCCSC2)CC1. The molecule has 14 heavy (non-hydrogen) atoms. The lowest BCUT2D eigenvalue weighted by Gasteiger charge is -2.33. The predicted octanol–water partition coefficient (Wildman–Crippen LogP) is 1.57. The molecule has 2 heterocycles. The molecule has 82 valence electrons. The molecule has 2 fully saturated rings. The van der Waals surface area contributed by atoms with Crippen LogP contribution in [0.25, 0.3) is 0 Å². The van der Waals surface area contributed by atoms with Gasteiger partial charge >= 0.3 is 0 Å². The molecule has 0 aromatic carbocycles. The Kier molecular flexibility index (Phi) is 4.14. The monoisotopic (exact) mass is 214 g/mol. The fraction of sp³-hybridized carbons (Fsp3) is 1.00. The number of likely N-dealkylation sites (tertiary alicyclic amines) is 1. The first-order chi connectivity index (χ1) is 6.84. The van der Waals surface area contributed by atoms with Crippen LogP contribution in [0.1, 0.15) is 25.7 Å². The molecule has 2 rings (SSSR count). The highest BCUT2D eigenvalue weighted by molar-refractivity contribution is 7.99. The Balaban J connectivity index is 1.68. The van der Waals surface area contributed by atoms with Crippen LogP contribution in [0.4, 0.5) is 0 Å². The maximum Gasteiger partial charge on any atom is 0.0161 e. The summed E-state index contributed by atoms with van der Waals surface area (Å²) < 4.78 is 0. The molecule has 1 atom stereocenters. The predicted molar refractivity (Wildman–Crippen MR) is 64.0 cm³/mol. The average Bonchev–Trinajstić information content (AvgIpc) is 2.23. The molecule has 0 aromatic rings. The quantitative estimate of drug-likeness (QED) is 0.751. The number of nitrogens with one attached hydrogen (secondary N) is 1. The van der Waals surface area contributed by atoms with E-state index < -0.39 is 0 Å². The third-order valence-electron chi connectivity index (χ3n) is 3.35. The lowest BCUT2D eigenvalue weighted by atomic mass is 10.0. The molecule has 2 saturated heterocycles. The summed E-state index contributed by atoms with van der Waals surface area (Å²) in [6.07, 6.45) is 5.50. The van der Waals surface area contributed by atoms with Crippen molar-refractivity contribution < 1.29 is 0 Å². The first-order valence-corrected chi connectivity index (χ1v) is 7.02. The average molecular weight is 214 g/mol. The summed E-state index contributed by atoms with van der Waals surface area (Å²) >= 11 is 2.12. The number of nitrogens with zero attached hydrogens (tertiary/aromatic N) is 1. The van der Waals surface area contributed by atoms with Crippen LogP contribution in [0.3, 0.4) is 0 Å². The van der Waals surface area contributed by atoms with Gasteiger partial charge in [-0.25, -0.2) is 0 Å². The van der Waals surface area contributed by atoms with Gasteiger partial charge < -0.3 is 10.2 Å². The summed E-state index contributed by atoms with van der Waals surface area (Å²) in [5, 5.41) is 3.83. The van der Waals surface area contributed by atoms with E-state index in [1.165, 1.54) is 50.3 Å². The minimum atomic E-state index is 0.801. The number of hydrogen-bond donors (Lipinski definition) is 1. The van der Waals surface area contributed by atoms with E-state index in [0.717, 1.165) is 12.1 Å². The topological polar surface area (TPSA) is 15.3 Å². The van der Waals surface area contributed by atoms with Crippen LogP contribution < -0.4 is 5.32 Å². The number of rotatable bonds is 2. The second-order valence-electron chi connectivity index (χ2n) is 4.66. The van der Waals surface area contributed by atoms with Crippen LogP contribution in [-0.2, 0) is 0 Å². The highest BCUT2D eigenvalue weighted by Crippen LogP contribution is 2.19. The van der Waals surface area contributed by atoms with E-state index in [-0.39, 0.29) is 0 Å². The first-order valence-electron chi connectivity index (χ1n) is 5.87. The standard InChI is InChI=1S/C11H22N2S/c1-13-6-4-10(5-7-13)12-11-3-2-8-14-9-11/h10-12H,2-9H2,1H3/t11-/m0/s1. The first kappa shape index (κ1) is 10.8. The zero-order chi connectivity index (χ0) is 9.80. The number of thioether (sulfide) groups is 1. The molecule has 2 nitrogen and oxygen atoms in total. The Hall–Kier alpha value is 0.270. The van der Waals surface area contributed by atoms with Crippen molar-refractivity contribution in [3.05, 3.63) is 0 Å². The van der Waals surface area contributed by atoms with Gasteiger partial charge in [-0.1, -0.05) is 0 Å². The van der Waals surface area contributed by atoms with Crippen molar-refractivity contribution in [3.63, 3.8) is 0 Å². The molecular weight excluding hydrogens is 192 g/mol. The number of hydrogen-bond acceptors (Lipinski definition) is 3. The number of piperidine rings is 1. The highest BCUT2D eigenvalue weighted by atomic mass is 32.2. The molecule has 3 heteroatoms. The van der Waals surface area contributed by atoms with Gasteiger partial charge in [-0.2, -0.15) is 11.8 Å². The maximum absolute atomic E-state index is 3.83. The molecule has 2 aliphatic heterocycles. The lowest BCUT2D eigenvalue weighted by Crippen LogP contribution is -2.46. The van der Waals surface area contributed by atoms with Gasteiger partial charge in [0, 0.05) is 17.8 Å². The minimum absolute atomic E-state index is 0.801. The maximum atomic E-state index is 3.83. The summed E-state index contributed by atoms with van der Waals surface area (Å²) in [4.78, 5) is 2.44. The van der Waals surface area contributed by atoms with Crippen LogP contribution in [0.2, 0.25) is 0 Å². The Labute approximate surface area is 91.8 Å². The van der Waals surface area contributed by atoms with Crippen LogP contribution in [0.15, 0.2) is 0 Å². The van der Waals surface area contributed by atoms with E-state index in [1.54, 1.807) is 0 Å². The van der Waals surface area contributed by atoms with E-state index in [2.05, 4.69) is 29.0 Å². The molecule has 0 amide bonds. The second kappa shape index (κ2) is 5.38. The van der Waals surface area contributed by atoms with E-state index >= 15 is 0 Å². The van der Waals surface area contributed by atoms with Crippen LogP contribution >= 0.6 is 11.8 Å². The van der Waals surface area contributed by atoms with Crippen LogP contribution in [-0.4, -0.2) is 48.6 Å². The van der Waals surface area contributed by atoms with Gasteiger partial charge in [-0.05, 0) is 51.6 Å². The Morgan fingerprint density at radius 2 is 1.93 bits per heavy atom. The van der Waals surface area contributed by atoms with Gasteiger partial charge in [-0.15, -0.1) is 0 Å². The van der Waals surface area contributed by atoms with Gasteiger partial charge in [0.25, 0.3) is 0 Å². The summed E-state index contributed by atoms with van der Waals surface area (Å²) in [6.45, 7) is 2.55. The van der Waals surface area contributed by atoms with Gasteiger partial charge in [-0.3, -0.25) is 0 Å². The minimum Gasteiger partial charge on any atom is -0.310 e. The van der Waals surface area contributed by atoms with Crippen LogP contribution in [0.5, 0.6) is 0 Å². The van der Waals surface area contributed by atoms with E-state index in [9.17, 15) is 0 Å². The molecule has 1 N–H and O–H groups in total. The van der Waals surface area contributed by atoms with Crippen molar-refractivity contribution in [1.29, 1.82) is 0 Å². The van der Waals surface area contributed by atoms with Gasteiger partial charge in [0.1, 0.15) is 0 Å². The normalized spacial score (nSPS) is 31.9. The third kappa shape index (κ3) is 3.14. The van der Waals surface area contributed by atoms with Crippen molar-refractivity contribution in [2.75, 3.05) is 31.6 Å². The Morgan fingerprint density at radius 1 is 1.14 bits per heavy atom. The highest BCUT2D eigenvalue weighted by Gasteiger charge is 2.21. The van der Waals surface area contributed by atoms with Gasteiger partial charge in [0.05, 0.1) is 0 Å². The largest absolute Gasteiger partial charge is 0.310 e. The van der Waals surface area contributed by atoms with Crippen molar-refractivity contribution in [2.45, 2.75) is 37.8 Å². The van der Waals surface area contributed by atoms with E-state index in [0.29, 0.717) is 0 Å². The third-order valence-corrected chi connectivity index (χ3v) is 4.57. The van der Waals surface area contributed by atoms with Gasteiger partial charge in [0.2, 0.25) is 0 Å². The molecule has 0 aromatic heterocycles. The summed E-state index contributed by atoms with van der Waals surface area (Å²) in [6, 6.07) is 1.61. The molecular formula is C11H22N2S. The fourth-order valence-corrected chi connectivity index (χ4v) is 3.47.